The van der Waals surface area contributed by atoms with Crippen LogP contribution in [-0.4, -0.2) is 4.98 Å². The lowest BCUT2D eigenvalue weighted by Gasteiger charge is -2.03. The molecule has 0 aliphatic heterocycles. The summed E-state index contributed by atoms with van der Waals surface area (Å²) in [5.41, 5.74) is 9.23. The molecule has 0 spiro atoms. The van der Waals surface area contributed by atoms with Crippen molar-refractivity contribution in [2.24, 2.45) is 0 Å². The van der Waals surface area contributed by atoms with Crippen molar-refractivity contribution in [1.82, 2.24) is 4.98 Å². The summed E-state index contributed by atoms with van der Waals surface area (Å²) in [6.07, 6.45) is 6.69. The van der Waals surface area contributed by atoms with Crippen LogP contribution in [0.2, 0.25) is 0 Å². The zero-order chi connectivity index (χ0) is 13.2. The van der Waals surface area contributed by atoms with Crippen molar-refractivity contribution < 1.29 is 4.42 Å². The molecule has 2 N–H and O–H groups in total. The molecule has 0 amide bonds. The number of pyridine rings is 1. The Morgan fingerprint density at radius 2 is 2.21 bits per heavy atom. The van der Waals surface area contributed by atoms with E-state index in [2.05, 4.69) is 11.1 Å². The van der Waals surface area contributed by atoms with Crippen LogP contribution in [-0.2, 0) is 0 Å². The van der Waals surface area contributed by atoms with Crippen LogP contribution in [0, 0.1) is 11.3 Å². The van der Waals surface area contributed by atoms with Gasteiger partial charge < -0.3 is 10.2 Å². The Balaban J connectivity index is 2.29. The Morgan fingerprint density at radius 1 is 1.32 bits per heavy atom. The molecule has 5 heteroatoms. The standard InChI is InChI=1S/C14H9N3OS/c15-6-11-13(16)12(9-2-1-4-17-7-9)14(19-11)10-3-5-18-8-10/h1-5,7-8H,16H2. The number of rotatable bonds is 2. The molecule has 0 saturated heterocycles. The lowest BCUT2D eigenvalue weighted by atomic mass is 10.0. The topological polar surface area (TPSA) is 75.8 Å². The van der Waals surface area contributed by atoms with Crippen LogP contribution in [0.25, 0.3) is 21.6 Å². The second-order valence-corrected chi connectivity index (χ2v) is 4.94. The van der Waals surface area contributed by atoms with E-state index in [0.717, 1.165) is 21.6 Å². The molecule has 0 atom stereocenters. The number of nitrogens with two attached hydrogens (primary N) is 1. The highest BCUT2D eigenvalue weighted by atomic mass is 32.1. The van der Waals surface area contributed by atoms with E-state index in [1.165, 1.54) is 11.3 Å². The van der Waals surface area contributed by atoms with Gasteiger partial charge in [-0.05, 0) is 12.1 Å². The number of nitrogens with zero attached hydrogens (tertiary/aromatic N) is 2. The molecule has 3 aromatic heterocycles. The van der Waals surface area contributed by atoms with Crippen LogP contribution in [0.15, 0.2) is 47.5 Å². The predicted octanol–water partition coefficient (Wildman–Crippen LogP) is 3.52. The summed E-state index contributed by atoms with van der Waals surface area (Å²) in [4.78, 5) is 5.54. The van der Waals surface area contributed by atoms with Gasteiger partial charge in [0, 0.05) is 34.0 Å². The zero-order valence-corrected chi connectivity index (χ0v) is 10.6. The fourth-order valence-corrected chi connectivity index (χ4v) is 2.95. The molecule has 3 heterocycles. The van der Waals surface area contributed by atoms with Crippen molar-refractivity contribution in [3.8, 4) is 27.6 Å². The number of nitrogen functional groups attached to an aromatic ring is 1. The van der Waals surface area contributed by atoms with Gasteiger partial charge in [0.05, 0.1) is 18.2 Å². The van der Waals surface area contributed by atoms with Gasteiger partial charge in [0.1, 0.15) is 10.9 Å². The normalized spacial score (nSPS) is 10.3. The molecule has 0 saturated carbocycles. The summed E-state index contributed by atoms with van der Waals surface area (Å²) in [5, 5.41) is 9.14. The Labute approximate surface area is 113 Å². The number of thiophene rings is 1. The molecule has 0 bridgehead atoms. The van der Waals surface area contributed by atoms with E-state index in [0.29, 0.717) is 10.6 Å². The van der Waals surface area contributed by atoms with Gasteiger partial charge in [-0.2, -0.15) is 5.26 Å². The molecule has 0 aromatic carbocycles. The monoisotopic (exact) mass is 267 g/mol. The lowest BCUT2D eigenvalue weighted by Crippen LogP contribution is -1.89. The number of nitriles is 1. The van der Waals surface area contributed by atoms with E-state index in [-0.39, 0.29) is 0 Å². The van der Waals surface area contributed by atoms with E-state index in [1.807, 2.05) is 18.2 Å². The maximum absolute atomic E-state index is 9.14. The van der Waals surface area contributed by atoms with Gasteiger partial charge in [0.25, 0.3) is 0 Å². The van der Waals surface area contributed by atoms with Gasteiger partial charge in [-0.1, -0.05) is 6.07 Å². The zero-order valence-electron chi connectivity index (χ0n) is 9.83. The fraction of sp³-hybridized carbons (Fsp3) is 0. The predicted molar refractivity (Wildman–Crippen MR) is 74.4 cm³/mol. The first kappa shape index (κ1) is 11.5. The Hall–Kier alpha value is -2.58. The SMILES string of the molecule is N#Cc1sc(-c2ccoc2)c(-c2cccnc2)c1N. The molecule has 3 rings (SSSR count). The number of aromatic nitrogens is 1. The minimum absolute atomic E-state index is 0.497. The lowest BCUT2D eigenvalue weighted by molar-refractivity contribution is 0.568. The summed E-state index contributed by atoms with van der Waals surface area (Å²) in [6.45, 7) is 0. The van der Waals surface area contributed by atoms with Crippen LogP contribution in [0.3, 0.4) is 0 Å². The third kappa shape index (κ3) is 1.88. The van der Waals surface area contributed by atoms with Crippen molar-refractivity contribution in [3.63, 3.8) is 0 Å². The minimum Gasteiger partial charge on any atom is -0.472 e. The molecule has 0 radical (unpaired) electrons. The van der Waals surface area contributed by atoms with Gasteiger partial charge in [-0.3, -0.25) is 4.98 Å². The average molecular weight is 267 g/mol. The summed E-state index contributed by atoms with van der Waals surface area (Å²) >= 11 is 1.36. The van der Waals surface area contributed by atoms with Crippen molar-refractivity contribution in [3.05, 3.63) is 48.0 Å². The van der Waals surface area contributed by atoms with Crippen molar-refractivity contribution in [2.75, 3.05) is 5.73 Å². The fourth-order valence-electron chi connectivity index (χ4n) is 1.92. The van der Waals surface area contributed by atoms with E-state index in [9.17, 15) is 0 Å². The van der Waals surface area contributed by atoms with Gasteiger partial charge in [0.15, 0.2) is 0 Å². The van der Waals surface area contributed by atoms with E-state index in [4.69, 9.17) is 15.4 Å². The molecular weight excluding hydrogens is 258 g/mol. The Bertz CT molecular complexity index is 739. The molecule has 0 aliphatic carbocycles. The van der Waals surface area contributed by atoms with Crippen LogP contribution in [0.4, 0.5) is 5.69 Å². The van der Waals surface area contributed by atoms with Crippen LogP contribution < -0.4 is 5.73 Å². The van der Waals surface area contributed by atoms with Crippen molar-refractivity contribution in [2.45, 2.75) is 0 Å². The van der Waals surface area contributed by atoms with Crippen LogP contribution in [0.1, 0.15) is 4.88 Å². The first-order chi connectivity index (χ1) is 9.31. The molecule has 4 nitrogen and oxygen atoms in total. The quantitative estimate of drug-likeness (QED) is 0.770. The van der Waals surface area contributed by atoms with Gasteiger partial charge in [-0.25, -0.2) is 0 Å². The molecule has 0 aliphatic rings. The first-order valence-corrected chi connectivity index (χ1v) is 6.38. The molecule has 92 valence electrons. The maximum atomic E-state index is 9.14. The summed E-state index contributed by atoms with van der Waals surface area (Å²) in [6, 6.07) is 7.76. The van der Waals surface area contributed by atoms with Crippen molar-refractivity contribution >= 4 is 17.0 Å². The van der Waals surface area contributed by atoms with E-state index < -0.39 is 0 Å². The average Bonchev–Trinajstić information content (AvgIpc) is 3.07. The van der Waals surface area contributed by atoms with Crippen LogP contribution in [0.5, 0.6) is 0 Å². The molecule has 0 unspecified atom stereocenters. The summed E-state index contributed by atoms with van der Waals surface area (Å²) in [7, 11) is 0. The van der Waals surface area contributed by atoms with Gasteiger partial charge >= 0.3 is 0 Å². The second kappa shape index (κ2) is 4.59. The highest BCUT2D eigenvalue weighted by molar-refractivity contribution is 7.17. The van der Waals surface area contributed by atoms with E-state index >= 15 is 0 Å². The molecule has 19 heavy (non-hydrogen) atoms. The second-order valence-electron chi connectivity index (χ2n) is 3.91. The third-order valence-electron chi connectivity index (χ3n) is 2.78. The Morgan fingerprint density at radius 3 is 2.84 bits per heavy atom. The number of anilines is 1. The minimum atomic E-state index is 0.497. The maximum Gasteiger partial charge on any atom is 0.129 e. The molecule has 3 aromatic rings. The Kier molecular flexibility index (Phi) is 2.78. The number of hydrogen-bond donors (Lipinski definition) is 1. The summed E-state index contributed by atoms with van der Waals surface area (Å²) < 4.78 is 5.11. The van der Waals surface area contributed by atoms with Crippen molar-refractivity contribution in [1.29, 1.82) is 5.26 Å². The third-order valence-corrected chi connectivity index (χ3v) is 3.94. The van der Waals surface area contributed by atoms with Gasteiger partial charge in [0.2, 0.25) is 0 Å². The largest absolute Gasteiger partial charge is 0.472 e. The van der Waals surface area contributed by atoms with Gasteiger partial charge in [-0.15, -0.1) is 11.3 Å². The molecule has 0 fully saturated rings. The number of hydrogen-bond acceptors (Lipinski definition) is 5. The van der Waals surface area contributed by atoms with Crippen LogP contribution >= 0.6 is 11.3 Å². The first-order valence-electron chi connectivity index (χ1n) is 5.56. The molecular formula is C14H9N3OS. The summed E-state index contributed by atoms with van der Waals surface area (Å²) in [5.74, 6) is 0. The number of furan rings is 1. The highest BCUT2D eigenvalue weighted by Crippen LogP contribution is 2.44. The highest BCUT2D eigenvalue weighted by Gasteiger charge is 2.19. The van der Waals surface area contributed by atoms with E-state index in [1.54, 1.807) is 24.9 Å². The smallest absolute Gasteiger partial charge is 0.129 e.